The molecule has 0 aromatic rings. The van der Waals surface area contributed by atoms with Crippen LogP contribution in [0, 0.1) is 0 Å². The molecule has 0 heterocycles. The Balaban J connectivity index is 3.16. The van der Waals surface area contributed by atoms with Crippen molar-refractivity contribution in [3.05, 3.63) is 0 Å². The monoisotopic (exact) mass is 183 g/mol. The zero-order valence-electron chi connectivity index (χ0n) is 6.12. The Bertz CT molecular complexity index is 179. The van der Waals surface area contributed by atoms with E-state index in [1.807, 2.05) is 0 Å². The highest BCUT2D eigenvalue weighted by Crippen LogP contribution is 1.78. The third-order valence-electron chi connectivity index (χ3n) is 0.848. The second kappa shape index (κ2) is 5.44. The minimum Gasteiger partial charge on any atom is -0.329 e. The highest BCUT2D eigenvalue weighted by atomic mass is 32.2. The van der Waals surface area contributed by atoms with E-state index in [1.54, 1.807) is 0 Å². The van der Waals surface area contributed by atoms with Crippen LogP contribution in [0.25, 0.3) is 0 Å². The number of nitrogens with two attached hydrogens (primary N) is 2. The molecule has 68 valence electrons. The molecule has 0 atom stereocenters. The lowest BCUT2D eigenvalue weighted by Gasteiger charge is -2.01. The molecular formula is C4H13N3O3S. The SMILES string of the molecule is NCCNCCOS(N)(=O)=O. The summed E-state index contributed by atoms with van der Waals surface area (Å²) in [5.41, 5.74) is 5.15. The van der Waals surface area contributed by atoms with Gasteiger partial charge in [0.1, 0.15) is 0 Å². The van der Waals surface area contributed by atoms with Crippen LogP contribution >= 0.6 is 0 Å². The Kier molecular flexibility index (Phi) is 5.34. The minimum absolute atomic E-state index is 0.0405. The fourth-order valence-corrected chi connectivity index (χ4v) is 0.773. The van der Waals surface area contributed by atoms with Crippen molar-refractivity contribution in [3.63, 3.8) is 0 Å². The van der Waals surface area contributed by atoms with Crippen LogP contribution in [-0.2, 0) is 14.5 Å². The Morgan fingerprint density at radius 1 is 1.36 bits per heavy atom. The van der Waals surface area contributed by atoms with Crippen LogP contribution in [0.5, 0.6) is 0 Å². The summed E-state index contributed by atoms with van der Waals surface area (Å²) in [5, 5.41) is 7.39. The lowest BCUT2D eigenvalue weighted by atomic mass is 10.6. The molecular weight excluding hydrogens is 170 g/mol. The first kappa shape index (κ1) is 10.8. The Morgan fingerprint density at radius 3 is 2.45 bits per heavy atom. The van der Waals surface area contributed by atoms with Crippen molar-refractivity contribution >= 4 is 10.3 Å². The van der Waals surface area contributed by atoms with Crippen molar-refractivity contribution in [3.8, 4) is 0 Å². The largest absolute Gasteiger partial charge is 0.333 e. The van der Waals surface area contributed by atoms with Gasteiger partial charge in [0, 0.05) is 19.6 Å². The Hall–Kier alpha value is -0.210. The predicted molar refractivity (Wildman–Crippen MR) is 41.0 cm³/mol. The van der Waals surface area contributed by atoms with Crippen LogP contribution in [0.1, 0.15) is 0 Å². The molecule has 0 bridgehead atoms. The zero-order chi connectivity index (χ0) is 8.74. The van der Waals surface area contributed by atoms with Crippen molar-refractivity contribution in [2.24, 2.45) is 10.9 Å². The lowest BCUT2D eigenvalue weighted by Crippen LogP contribution is -2.28. The van der Waals surface area contributed by atoms with E-state index in [2.05, 4.69) is 14.6 Å². The van der Waals surface area contributed by atoms with Crippen LogP contribution in [0.3, 0.4) is 0 Å². The molecule has 0 radical (unpaired) electrons. The van der Waals surface area contributed by atoms with E-state index in [9.17, 15) is 8.42 Å². The van der Waals surface area contributed by atoms with Crippen molar-refractivity contribution in [1.29, 1.82) is 0 Å². The predicted octanol–water partition coefficient (Wildman–Crippen LogP) is -2.25. The summed E-state index contributed by atoms with van der Waals surface area (Å²) in [7, 11) is -3.78. The van der Waals surface area contributed by atoms with Gasteiger partial charge >= 0.3 is 10.3 Å². The summed E-state index contributed by atoms with van der Waals surface area (Å²) in [5.74, 6) is 0. The molecule has 0 saturated carbocycles. The minimum atomic E-state index is -3.78. The molecule has 0 aliphatic carbocycles. The first-order valence-corrected chi connectivity index (χ1v) is 4.61. The average molecular weight is 183 g/mol. The highest BCUT2D eigenvalue weighted by Gasteiger charge is 1.99. The zero-order valence-corrected chi connectivity index (χ0v) is 6.93. The molecule has 0 unspecified atom stereocenters. The van der Waals surface area contributed by atoms with Gasteiger partial charge in [-0.15, -0.1) is 0 Å². The van der Waals surface area contributed by atoms with Gasteiger partial charge in [-0.1, -0.05) is 0 Å². The lowest BCUT2D eigenvalue weighted by molar-refractivity contribution is 0.316. The van der Waals surface area contributed by atoms with Gasteiger partial charge in [-0.2, -0.15) is 8.42 Å². The molecule has 0 fully saturated rings. The quantitative estimate of drug-likeness (QED) is 0.403. The molecule has 7 heteroatoms. The molecule has 0 aliphatic heterocycles. The van der Waals surface area contributed by atoms with Gasteiger partial charge in [-0.3, -0.25) is 4.18 Å². The van der Waals surface area contributed by atoms with Gasteiger partial charge in [0.2, 0.25) is 0 Å². The standard InChI is InChI=1S/C4H13N3O3S/c5-1-2-7-3-4-10-11(6,8)9/h7H,1-5H2,(H2,6,8,9). The maximum atomic E-state index is 10.2. The van der Waals surface area contributed by atoms with Gasteiger partial charge in [-0.25, -0.2) is 5.14 Å². The second-order valence-corrected chi connectivity index (χ2v) is 3.07. The van der Waals surface area contributed by atoms with Crippen LogP contribution in [0.2, 0.25) is 0 Å². The van der Waals surface area contributed by atoms with Crippen LogP contribution in [0.15, 0.2) is 0 Å². The fourth-order valence-electron chi connectivity index (χ4n) is 0.457. The van der Waals surface area contributed by atoms with E-state index in [0.29, 0.717) is 19.6 Å². The first-order valence-electron chi connectivity index (χ1n) is 3.14. The van der Waals surface area contributed by atoms with E-state index >= 15 is 0 Å². The third kappa shape index (κ3) is 9.79. The number of hydrogen-bond donors (Lipinski definition) is 3. The first-order chi connectivity index (χ1) is 5.06. The summed E-state index contributed by atoms with van der Waals surface area (Å²) >= 11 is 0. The topological polar surface area (TPSA) is 107 Å². The highest BCUT2D eigenvalue weighted by molar-refractivity contribution is 7.84. The van der Waals surface area contributed by atoms with E-state index in [0.717, 1.165) is 0 Å². The molecule has 6 nitrogen and oxygen atoms in total. The average Bonchev–Trinajstić information content (AvgIpc) is 1.85. The number of nitrogens with one attached hydrogen (secondary N) is 1. The van der Waals surface area contributed by atoms with Gasteiger partial charge in [0.05, 0.1) is 6.61 Å². The van der Waals surface area contributed by atoms with E-state index < -0.39 is 10.3 Å². The fraction of sp³-hybridized carbons (Fsp3) is 1.00. The molecule has 0 aliphatic rings. The maximum Gasteiger partial charge on any atom is 0.333 e. The van der Waals surface area contributed by atoms with Gasteiger partial charge in [-0.05, 0) is 0 Å². The van der Waals surface area contributed by atoms with Crippen molar-refractivity contribution in [2.45, 2.75) is 0 Å². The third-order valence-corrected chi connectivity index (χ3v) is 1.34. The van der Waals surface area contributed by atoms with Crippen molar-refractivity contribution in [1.82, 2.24) is 5.32 Å². The Morgan fingerprint density at radius 2 is 2.00 bits per heavy atom. The summed E-state index contributed by atoms with van der Waals surface area (Å²) in [6.45, 7) is 1.61. The van der Waals surface area contributed by atoms with E-state index in [4.69, 9.17) is 5.73 Å². The molecule has 0 saturated heterocycles. The van der Waals surface area contributed by atoms with Gasteiger partial charge < -0.3 is 11.1 Å². The molecule has 5 N–H and O–H groups in total. The molecule has 0 amide bonds. The summed E-state index contributed by atoms with van der Waals surface area (Å²) in [6.07, 6.45) is 0. The molecule has 0 spiro atoms. The van der Waals surface area contributed by atoms with Crippen LogP contribution in [-0.4, -0.2) is 34.7 Å². The summed E-state index contributed by atoms with van der Waals surface area (Å²) < 4.78 is 24.6. The van der Waals surface area contributed by atoms with Crippen LogP contribution < -0.4 is 16.2 Å². The number of hydrogen-bond acceptors (Lipinski definition) is 5. The van der Waals surface area contributed by atoms with Gasteiger partial charge in [0.25, 0.3) is 0 Å². The maximum absolute atomic E-state index is 10.2. The summed E-state index contributed by atoms with van der Waals surface area (Å²) in [6, 6.07) is 0. The smallest absolute Gasteiger partial charge is 0.329 e. The van der Waals surface area contributed by atoms with Crippen LogP contribution in [0.4, 0.5) is 0 Å². The van der Waals surface area contributed by atoms with E-state index in [-0.39, 0.29) is 6.61 Å². The molecule has 0 rings (SSSR count). The van der Waals surface area contributed by atoms with E-state index in [1.165, 1.54) is 0 Å². The van der Waals surface area contributed by atoms with Crippen molar-refractivity contribution < 1.29 is 12.6 Å². The molecule has 0 aromatic carbocycles. The number of rotatable bonds is 6. The Labute approximate surface area is 66.1 Å². The molecule has 11 heavy (non-hydrogen) atoms. The second-order valence-electron chi connectivity index (χ2n) is 1.85. The normalized spacial score (nSPS) is 11.8. The molecule has 0 aromatic heterocycles. The summed E-state index contributed by atoms with van der Waals surface area (Å²) in [4.78, 5) is 0. The van der Waals surface area contributed by atoms with Gasteiger partial charge in [0.15, 0.2) is 0 Å². The van der Waals surface area contributed by atoms with Crippen molar-refractivity contribution in [2.75, 3.05) is 26.2 Å².